The van der Waals surface area contributed by atoms with Crippen molar-refractivity contribution >= 4 is 23.2 Å². The van der Waals surface area contributed by atoms with Gasteiger partial charge in [0.25, 0.3) is 0 Å². The van der Waals surface area contributed by atoms with Gasteiger partial charge in [0.2, 0.25) is 11.8 Å². The number of hydrogen-bond donors (Lipinski definition) is 2. The van der Waals surface area contributed by atoms with Gasteiger partial charge < -0.3 is 10.6 Å². The minimum Gasteiger partial charge on any atom is -0.326 e. The monoisotopic (exact) mass is 246 g/mol. The average Bonchev–Trinajstić information content (AvgIpc) is 2.81. The molecular weight excluding hydrogens is 228 g/mol. The quantitative estimate of drug-likeness (QED) is 0.861. The fourth-order valence-corrected chi connectivity index (χ4v) is 2.31. The maximum Gasteiger partial charge on any atom is 0.227 e. The fraction of sp³-hybridized carbons (Fsp3) is 0.429. The molecule has 1 aliphatic rings. The third-order valence-electron chi connectivity index (χ3n) is 3.18. The standard InChI is InChI=1S/C14H18N2O2/c1-10(17)15-12-7-4-8-13(9-12)16-14(18)11-5-2-3-6-11/h4,7-9,11H,2-3,5-6H2,1H3,(H,15,17)(H,16,18). The molecule has 96 valence electrons. The summed E-state index contributed by atoms with van der Waals surface area (Å²) < 4.78 is 0. The molecule has 0 spiro atoms. The van der Waals surface area contributed by atoms with Crippen LogP contribution in [0.2, 0.25) is 0 Å². The summed E-state index contributed by atoms with van der Waals surface area (Å²) in [4.78, 5) is 22.9. The summed E-state index contributed by atoms with van der Waals surface area (Å²) in [5, 5.41) is 5.60. The molecule has 1 fully saturated rings. The predicted molar refractivity (Wildman–Crippen MR) is 71.3 cm³/mol. The van der Waals surface area contributed by atoms with Gasteiger partial charge in [0.1, 0.15) is 0 Å². The third kappa shape index (κ3) is 3.32. The van der Waals surface area contributed by atoms with Crippen molar-refractivity contribution in [3.8, 4) is 0 Å². The Morgan fingerprint density at radius 1 is 1.11 bits per heavy atom. The number of hydrogen-bond acceptors (Lipinski definition) is 2. The minimum atomic E-state index is -0.116. The second-order valence-electron chi connectivity index (χ2n) is 4.73. The summed E-state index contributed by atoms with van der Waals surface area (Å²) in [5.41, 5.74) is 1.44. The first-order valence-electron chi connectivity index (χ1n) is 6.33. The van der Waals surface area contributed by atoms with Crippen molar-refractivity contribution in [3.63, 3.8) is 0 Å². The molecule has 4 heteroatoms. The lowest BCUT2D eigenvalue weighted by molar-refractivity contribution is -0.119. The van der Waals surface area contributed by atoms with Crippen LogP contribution < -0.4 is 10.6 Å². The summed E-state index contributed by atoms with van der Waals surface area (Å²) in [6.07, 6.45) is 4.25. The van der Waals surface area contributed by atoms with E-state index in [0.717, 1.165) is 31.4 Å². The number of carbonyl (C=O) groups excluding carboxylic acids is 2. The Hall–Kier alpha value is -1.84. The van der Waals surface area contributed by atoms with Gasteiger partial charge in [0.05, 0.1) is 0 Å². The molecule has 2 rings (SSSR count). The van der Waals surface area contributed by atoms with Gasteiger partial charge in [0, 0.05) is 24.2 Å². The van der Waals surface area contributed by atoms with Crippen molar-refractivity contribution in [2.45, 2.75) is 32.6 Å². The van der Waals surface area contributed by atoms with Gasteiger partial charge in [0.15, 0.2) is 0 Å². The topological polar surface area (TPSA) is 58.2 Å². The highest BCUT2D eigenvalue weighted by Gasteiger charge is 2.22. The zero-order valence-electron chi connectivity index (χ0n) is 10.5. The maximum atomic E-state index is 11.9. The van der Waals surface area contributed by atoms with Crippen molar-refractivity contribution < 1.29 is 9.59 Å². The van der Waals surface area contributed by atoms with E-state index in [-0.39, 0.29) is 17.7 Å². The number of benzene rings is 1. The maximum absolute atomic E-state index is 11.9. The smallest absolute Gasteiger partial charge is 0.227 e. The van der Waals surface area contributed by atoms with Gasteiger partial charge in [-0.3, -0.25) is 9.59 Å². The van der Waals surface area contributed by atoms with Crippen LogP contribution in [0.15, 0.2) is 24.3 Å². The van der Waals surface area contributed by atoms with Crippen molar-refractivity contribution in [2.24, 2.45) is 5.92 Å². The Morgan fingerprint density at radius 3 is 2.33 bits per heavy atom. The minimum absolute atomic E-state index is 0.0903. The number of carbonyl (C=O) groups is 2. The highest BCUT2D eigenvalue weighted by Crippen LogP contribution is 2.26. The molecule has 0 saturated heterocycles. The Kier molecular flexibility index (Phi) is 3.97. The van der Waals surface area contributed by atoms with Crippen LogP contribution in [0.3, 0.4) is 0 Å². The normalized spacial score (nSPS) is 15.4. The summed E-state index contributed by atoms with van der Waals surface area (Å²) in [6, 6.07) is 7.22. The Bertz CT molecular complexity index is 451. The number of anilines is 2. The van der Waals surface area contributed by atoms with E-state index in [9.17, 15) is 9.59 Å². The van der Waals surface area contributed by atoms with Crippen molar-refractivity contribution in [1.82, 2.24) is 0 Å². The van der Waals surface area contributed by atoms with E-state index < -0.39 is 0 Å². The highest BCUT2D eigenvalue weighted by molar-refractivity contribution is 5.94. The second-order valence-corrected chi connectivity index (χ2v) is 4.73. The second kappa shape index (κ2) is 5.67. The molecule has 2 amide bonds. The van der Waals surface area contributed by atoms with Crippen molar-refractivity contribution in [2.75, 3.05) is 10.6 Å². The van der Waals surface area contributed by atoms with Gasteiger partial charge in [-0.05, 0) is 31.0 Å². The zero-order chi connectivity index (χ0) is 13.0. The van der Waals surface area contributed by atoms with Crippen molar-refractivity contribution in [1.29, 1.82) is 0 Å². The molecule has 1 saturated carbocycles. The molecule has 0 aromatic heterocycles. The first-order valence-corrected chi connectivity index (χ1v) is 6.33. The Labute approximate surface area is 107 Å². The van der Waals surface area contributed by atoms with E-state index >= 15 is 0 Å². The van der Waals surface area contributed by atoms with Crippen LogP contribution in [-0.4, -0.2) is 11.8 Å². The third-order valence-corrected chi connectivity index (χ3v) is 3.18. The van der Waals surface area contributed by atoms with Crippen LogP contribution in [0, 0.1) is 5.92 Å². The molecule has 1 aliphatic carbocycles. The zero-order valence-corrected chi connectivity index (χ0v) is 10.5. The molecule has 0 unspecified atom stereocenters. The number of rotatable bonds is 3. The van der Waals surface area contributed by atoms with Gasteiger partial charge in [-0.1, -0.05) is 18.9 Å². The van der Waals surface area contributed by atoms with Gasteiger partial charge >= 0.3 is 0 Å². The lowest BCUT2D eigenvalue weighted by Crippen LogP contribution is -2.20. The summed E-state index contributed by atoms with van der Waals surface area (Å²) in [7, 11) is 0. The first kappa shape index (κ1) is 12.6. The van der Waals surface area contributed by atoms with E-state index in [1.807, 2.05) is 12.1 Å². The molecule has 0 aliphatic heterocycles. The summed E-state index contributed by atoms with van der Waals surface area (Å²) in [6.45, 7) is 1.46. The van der Waals surface area contributed by atoms with E-state index in [1.54, 1.807) is 12.1 Å². The van der Waals surface area contributed by atoms with E-state index in [4.69, 9.17) is 0 Å². The molecule has 0 bridgehead atoms. The van der Waals surface area contributed by atoms with E-state index in [2.05, 4.69) is 10.6 Å². The molecule has 1 aromatic carbocycles. The fourth-order valence-electron chi connectivity index (χ4n) is 2.31. The Morgan fingerprint density at radius 2 is 1.72 bits per heavy atom. The van der Waals surface area contributed by atoms with Crippen molar-refractivity contribution in [3.05, 3.63) is 24.3 Å². The van der Waals surface area contributed by atoms with Gasteiger partial charge in [-0.2, -0.15) is 0 Å². The number of amides is 2. The SMILES string of the molecule is CC(=O)Nc1cccc(NC(=O)C2CCCC2)c1. The van der Waals surface area contributed by atoms with Crippen LogP contribution in [0.25, 0.3) is 0 Å². The average molecular weight is 246 g/mol. The highest BCUT2D eigenvalue weighted by atomic mass is 16.2. The van der Waals surface area contributed by atoms with E-state index in [1.165, 1.54) is 6.92 Å². The van der Waals surface area contributed by atoms with Crippen LogP contribution in [0.1, 0.15) is 32.6 Å². The molecule has 1 aromatic rings. The van der Waals surface area contributed by atoms with Gasteiger partial charge in [-0.15, -0.1) is 0 Å². The lowest BCUT2D eigenvalue weighted by Gasteiger charge is -2.11. The predicted octanol–water partition coefficient (Wildman–Crippen LogP) is 2.77. The molecular formula is C14H18N2O2. The molecule has 4 nitrogen and oxygen atoms in total. The van der Waals surface area contributed by atoms with Crippen LogP contribution >= 0.6 is 0 Å². The lowest BCUT2D eigenvalue weighted by atomic mass is 10.1. The molecule has 0 radical (unpaired) electrons. The Balaban J connectivity index is 2.00. The molecule has 18 heavy (non-hydrogen) atoms. The van der Waals surface area contributed by atoms with Gasteiger partial charge in [-0.25, -0.2) is 0 Å². The first-order chi connectivity index (χ1) is 8.65. The molecule has 0 heterocycles. The van der Waals surface area contributed by atoms with Crippen LogP contribution in [-0.2, 0) is 9.59 Å². The van der Waals surface area contributed by atoms with Crippen LogP contribution in [0.4, 0.5) is 11.4 Å². The molecule has 2 N–H and O–H groups in total. The largest absolute Gasteiger partial charge is 0.326 e. The number of nitrogens with one attached hydrogen (secondary N) is 2. The summed E-state index contributed by atoms with van der Waals surface area (Å²) >= 11 is 0. The van der Waals surface area contributed by atoms with E-state index in [0.29, 0.717) is 5.69 Å². The summed E-state index contributed by atoms with van der Waals surface area (Å²) in [5.74, 6) is 0.121. The molecule has 0 atom stereocenters. The van der Waals surface area contributed by atoms with Crippen LogP contribution in [0.5, 0.6) is 0 Å².